The van der Waals surface area contributed by atoms with Gasteiger partial charge in [-0.25, -0.2) is 0 Å². The molecule has 1 atom stereocenters. The number of aromatic nitrogens is 4. The lowest BCUT2D eigenvalue weighted by atomic mass is 10.2. The summed E-state index contributed by atoms with van der Waals surface area (Å²) in [5.41, 5.74) is 0.964. The maximum atomic E-state index is 8.77. The van der Waals surface area contributed by atoms with Crippen LogP contribution in [0.25, 0.3) is 11.4 Å². The molecule has 0 aromatic carbocycles. The second-order valence-electron chi connectivity index (χ2n) is 3.49. The minimum absolute atomic E-state index is 0.136. The van der Waals surface area contributed by atoms with Crippen molar-refractivity contribution in [1.29, 1.82) is 5.26 Å². The maximum absolute atomic E-state index is 8.77. The standard InChI is InChI=1S/C11H11N5S/c1-8(7-12)17-11-15-14-10(16(11)2)9-3-5-13-6-4-9/h3-6,8H,1-2H3/t8-/m1/s1. The second kappa shape index (κ2) is 4.97. The van der Waals surface area contributed by atoms with Gasteiger partial charge in [0.05, 0.1) is 11.3 Å². The Morgan fingerprint density at radius 3 is 2.71 bits per heavy atom. The summed E-state index contributed by atoms with van der Waals surface area (Å²) in [5.74, 6) is 0.778. The van der Waals surface area contributed by atoms with E-state index in [1.165, 1.54) is 11.8 Å². The van der Waals surface area contributed by atoms with Crippen molar-refractivity contribution in [2.45, 2.75) is 17.3 Å². The topological polar surface area (TPSA) is 67.4 Å². The monoisotopic (exact) mass is 245 g/mol. The van der Waals surface area contributed by atoms with Gasteiger partial charge in [-0.3, -0.25) is 4.98 Å². The lowest BCUT2D eigenvalue weighted by Crippen LogP contribution is -1.98. The fraction of sp³-hybridized carbons (Fsp3) is 0.273. The minimum Gasteiger partial charge on any atom is -0.305 e. The highest BCUT2D eigenvalue weighted by Gasteiger charge is 2.13. The lowest BCUT2D eigenvalue weighted by Gasteiger charge is -2.03. The summed E-state index contributed by atoms with van der Waals surface area (Å²) in [7, 11) is 1.89. The molecule has 5 nitrogen and oxygen atoms in total. The molecule has 2 heterocycles. The molecule has 0 spiro atoms. The molecular weight excluding hydrogens is 234 g/mol. The van der Waals surface area contributed by atoms with Crippen LogP contribution in [0.2, 0.25) is 0 Å². The van der Waals surface area contributed by atoms with Gasteiger partial charge in [-0.15, -0.1) is 10.2 Å². The fourth-order valence-corrected chi connectivity index (χ4v) is 2.06. The second-order valence-corrected chi connectivity index (χ2v) is 4.80. The third-order valence-electron chi connectivity index (χ3n) is 2.24. The first-order valence-corrected chi connectivity index (χ1v) is 5.96. The van der Waals surface area contributed by atoms with Gasteiger partial charge in [0, 0.05) is 25.0 Å². The molecule has 0 saturated carbocycles. The van der Waals surface area contributed by atoms with E-state index in [0.29, 0.717) is 0 Å². The van der Waals surface area contributed by atoms with Crippen LogP contribution < -0.4 is 0 Å². The van der Waals surface area contributed by atoms with Gasteiger partial charge in [-0.1, -0.05) is 11.8 Å². The van der Waals surface area contributed by atoms with Gasteiger partial charge in [-0.2, -0.15) is 5.26 Å². The molecule has 17 heavy (non-hydrogen) atoms. The Balaban J connectivity index is 2.31. The van der Waals surface area contributed by atoms with E-state index in [2.05, 4.69) is 21.3 Å². The van der Waals surface area contributed by atoms with Gasteiger partial charge in [0.1, 0.15) is 0 Å². The Hall–Kier alpha value is -1.87. The molecule has 2 aromatic rings. The zero-order chi connectivity index (χ0) is 12.3. The van der Waals surface area contributed by atoms with E-state index in [0.717, 1.165) is 16.5 Å². The summed E-state index contributed by atoms with van der Waals surface area (Å²) >= 11 is 1.40. The summed E-state index contributed by atoms with van der Waals surface area (Å²) < 4.78 is 1.88. The highest BCUT2D eigenvalue weighted by Crippen LogP contribution is 2.24. The van der Waals surface area contributed by atoms with Gasteiger partial charge >= 0.3 is 0 Å². The van der Waals surface area contributed by atoms with Crippen molar-refractivity contribution in [2.75, 3.05) is 0 Å². The third-order valence-corrected chi connectivity index (χ3v) is 3.26. The molecule has 0 aliphatic rings. The molecule has 0 aliphatic heterocycles. The predicted octanol–water partition coefficient (Wildman–Crippen LogP) is 1.88. The largest absolute Gasteiger partial charge is 0.305 e. The van der Waals surface area contributed by atoms with Crippen molar-refractivity contribution in [3.63, 3.8) is 0 Å². The number of pyridine rings is 1. The quantitative estimate of drug-likeness (QED) is 0.772. The summed E-state index contributed by atoms with van der Waals surface area (Å²) in [5, 5.41) is 17.6. The first kappa shape index (κ1) is 11.6. The number of thioether (sulfide) groups is 1. The van der Waals surface area contributed by atoms with Crippen LogP contribution in [0.5, 0.6) is 0 Å². The molecule has 86 valence electrons. The van der Waals surface area contributed by atoms with Gasteiger partial charge < -0.3 is 4.57 Å². The van der Waals surface area contributed by atoms with Crippen molar-refractivity contribution in [3.8, 4) is 17.5 Å². The van der Waals surface area contributed by atoms with Crippen LogP contribution in [-0.4, -0.2) is 25.0 Å². The molecule has 0 N–H and O–H groups in total. The average Bonchev–Trinajstić information content (AvgIpc) is 2.72. The van der Waals surface area contributed by atoms with Crippen LogP contribution in [0, 0.1) is 11.3 Å². The Morgan fingerprint density at radius 1 is 1.35 bits per heavy atom. The summed E-state index contributed by atoms with van der Waals surface area (Å²) in [4.78, 5) is 3.96. The van der Waals surface area contributed by atoms with E-state index in [9.17, 15) is 0 Å². The normalized spacial score (nSPS) is 12.1. The van der Waals surface area contributed by atoms with E-state index < -0.39 is 0 Å². The number of nitriles is 1. The van der Waals surface area contributed by atoms with Gasteiger partial charge in [0.25, 0.3) is 0 Å². The smallest absolute Gasteiger partial charge is 0.192 e. The minimum atomic E-state index is -0.136. The Bertz CT molecular complexity index is 543. The zero-order valence-electron chi connectivity index (χ0n) is 9.53. The number of hydrogen-bond acceptors (Lipinski definition) is 5. The molecule has 0 fully saturated rings. The van der Waals surface area contributed by atoms with E-state index >= 15 is 0 Å². The molecule has 2 aromatic heterocycles. The summed E-state index contributed by atoms with van der Waals surface area (Å²) in [6.07, 6.45) is 3.43. The first-order valence-electron chi connectivity index (χ1n) is 5.08. The number of nitrogens with zero attached hydrogens (tertiary/aromatic N) is 5. The SMILES string of the molecule is C[C@H](C#N)Sc1nnc(-c2ccncc2)n1C. The molecule has 0 unspecified atom stereocenters. The molecule has 0 bridgehead atoms. The lowest BCUT2D eigenvalue weighted by molar-refractivity contribution is 0.792. The van der Waals surface area contributed by atoms with Crippen molar-refractivity contribution < 1.29 is 0 Å². The third kappa shape index (κ3) is 2.45. The van der Waals surface area contributed by atoms with Crippen LogP contribution in [-0.2, 0) is 7.05 Å². The molecule has 0 aliphatic carbocycles. The van der Waals surface area contributed by atoms with Crippen molar-refractivity contribution in [2.24, 2.45) is 7.05 Å². The van der Waals surface area contributed by atoms with Crippen LogP contribution in [0.3, 0.4) is 0 Å². The fourth-order valence-electron chi connectivity index (χ4n) is 1.35. The molecule has 0 radical (unpaired) electrons. The van der Waals surface area contributed by atoms with E-state index in [1.807, 2.05) is 30.7 Å². The number of hydrogen-bond donors (Lipinski definition) is 0. The van der Waals surface area contributed by atoms with Gasteiger partial charge in [0.2, 0.25) is 0 Å². The Labute approximate surface area is 104 Å². The van der Waals surface area contributed by atoms with E-state index in [1.54, 1.807) is 12.4 Å². The van der Waals surface area contributed by atoms with Crippen LogP contribution in [0.15, 0.2) is 29.7 Å². The molecule has 0 amide bonds. The molecular formula is C11H11N5S. The summed E-state index contributed by atoms with van der Waals surface area (Å²) in [6, 6.07) is 5.92. The Kier molecular flexibility index (Phi) is 3.40. The maximum Gasteiger partial charge on any atom is 0.192 e. The van der Waals surface area contributed by atoms with E-state index in [4.69, 9.17) is 5.26 Å². The van der Waals surface area contributed by atoms with Crippen molar-refractivity contribution in [1.82, 2.24) is 19.7 Å². The van der Waals surface area contributed by atoms with E-state index in [-0.39, 0.29) is 5.25 Å². The highest BCUT2D eigenvalue weighted by molar-refractivity contribution is 8.00. The van der Waals surface area contributed by atoms with Crippen LogP contribution >= 0.6 is 11.8 Å². The zero-order valence-corrected chi connectivity index (χ0v) is 10.3. The predicted molar refractivity (Wildman–Crippen MR) is 65.2 cm³/mol. The van der Waals surface area contributed by atoms with Gasteiger partial charge in [0.15, 0.2) is 11.0 Å². The number of rotatable bonds is 3. The summed E-state index contributed by atoms with van der Waals surface area (Å²) in [6.45, 7) is 1.84. The van der Waals surface area contributed by atoms with Gasteiger partial charge in [-0.05, 0) is 19.1 Å². The molecule has 0 saturated heterocycles. The highest BCUT2D eigenvalue weighted by atomic mass is 32.2. The van der Waals surface area contributed by atoms with Crippen molar-refractivity contribution >= 4 is 11.8 Å². The van der Waals surface area contributed by atoms with Crippen molar-refractivity contribution in [3.05, 3.63) is 24.5 Å². The van der Waals surface area contributed by atoms with Crippen LogP contribution in [0.1, 0.15) is 6.92 Å². The average molecular weight is 245 g/mol. The van der Waals surface area contributed by atoms with Crippen LogP contribution in [0.4, 0.5) is 0 Å². The first-order chi connectivity index (χ1) is 8.22. The molecule has 6 heteroatoms. The molecule has 2 rings (SSSR count). The Morgan fingerprint density at radius 2 is 2.06 bits per heavy atom.